The van der Waals surface area contributed by atoms with E-state index in [0.717, 1.165) is 18.5 Å². The standard InChI is InChI=1S/C11H18N2O2S/c1-4-5-8(2)13(3)6-9-7-16-10(12-9)11(14)15/h7-8H,4-6H2,1-3H3,(H,14,15). The third-order valence-corrected chi connectivity index (χ3v) is 3.48. The minimum Gasteiger partial charge on any atom is -0.476 e. The molecule has 0 saturated carbocycles. The molecule has 1 rings (SSSR count). The summed E-state index contributed by atoms with van der Waals surface area (Å²) in [6.45, 7) is 5.05. The maximum Gasteiger partial charge on any atom is 0.365 e. The monoisotopic (exact) mass is 242 g/mol. The third kappa shape index (κ3) is 3.57. The Labute approximate surface area is 99.9 Å². The number of carbonyl (C=O) groups is 1. The molecule has 0 radical (unpaired) electrons. The van der Waals surface area contributed by atoms with Crippen molar-refractivity contribution in [3.63, 3.8) is 0 Å². The van der Waals surface area contributed by atoms with Gasteiger partial charge in [-0.05, 0) is 20.4 Å². The van der Waals surface area contributed by atoms with Crippen molar-refractivity contribution in [1.82, 2.24) is 9.88 Å². The molecule has 0 saturated heterocycles. The Hall–Kier alpha value is -0.940. The molecule has 1 N–H and O–H groups in total. The van der Waals surface area contributed by atoms with Crippen molar-refractivity contribution >= 4 is 17.3 Å². The molecule has 0 spiro atoms. The van der Waals surface area contributed by atoms with Gasteiger partial charge in [0.05, 0.1) is 5.69 Å². The van der Waals surface area contributed by atoms with Gasteiger partial charge in [-0.2, -0.15) is 0 Å². The molecule has 4 nitrogen and oxygen atoms in total. The number of aromatic carboxylic acids is 1. The number of carboxylic acids is 1. The van der Waals surface area contributed by atoms with Gasteiger partial charge in [-0.25, -0.2) is 9.78 Å². The highest BCUT2D eigenvalue weighted by molar-refractivity contribution is 7.11. The number of hydrogen-bond donors (Lipinski definition) is 1. The maximum atomic E-state index is 10.7. The fourth-order valence-electron chi connectivity index (χ4n) is 1.53. The molecule has 16 heavy (non-hydrogen) atoms. The van der Waals surface area contributed by atoms with Crippen LogP contribution in [0.3, 0.4) is 0 Å². The lowest BCUT2D eigenvalue weighted by Gasteiger charge is -2.23. The quantitative estimate of drug-likeness (QED) is 0.832. The summed E-state index contributed by atoms with van der Waals surface area (Å²) in [5, 5.41) is 10.8. The van der Waals surface area contributed by atoms with Crippen LogP contribution in [0.4, 0.5) is 0 Å². The predicted octanol–water partition coefficient (Wildman–Crippen LogP) is 2.46. The van der Waals surface area contributed by atoms with Gasteiger partial charge in [-0.1, -0.05) is 13.3 Å². The van der Waals surface area contributed by atoms with Crippen LogP contribution < -0.4 is 0 Å². The number of carboxylic acid groups (broad SMARTS) is 1. The van der Waals surface area contributed by atoms with Crippen LogP contribution in [0.5, 0.6) is 0 Å². The molecule has 0 aliphatic rings. The molecule has 1 unspecified atom stereocenters. The molecule has 90 valence electrons. The lowest BCUT2D eigenvalue weighted by molar-refractivity contribution is 0.0696. The van der Waals surface area contributed by atoms with E-state index < -0.39 is 5.97 Å². The van der Waals surface area contributed by atoms with Crippen molar-refractivity contribution in [3.8, 4) is 0 Å². The minimum atomic E-state index is -0.944. The summed E-state index contributed by atoms with van der Waals surface area (Å²) in [6.07, 6.45) is 2.30. The van der Waals surface area contributed by atoms with E-state index in [1.54, 1.807) is 0 Å². The van der Waals surface area contributed by atoms with Crippen LogP contribution in [-0.2, 0) is 6.54 Å². The molecule has 0 amide bonds. The van der Waals surface area contributed by atoms with Crippen LogP contribution >= 0.6 is 11.3 Å². The molecule has 1 aromatic heterocycles. The molecule has 1 heterocycles. The zero-order valence-corrected chi connectivity index (χ0v) is 10.8. The Kier molecular flexibility index (Phi) is 4.89. The molecule has 0 aliphatic carbocycles. The second kappa shape index (κ2) is 5.96. The summed E-state index contributed by atoms with van der Waals surface area (Å²) >= 11 is 1.19. The second-order valence-corrected chi connectivity index (χ2v) is 4.86. The highest BCUT2D eigenvalue weighted by Gasteiger charge is 2.13. The summed E-state index contributed by atoms with van der Waals surface area (Å²) in [5.41, 5.74) is 0.841. The van der Waals surface area contributed by atoms with Crippen LogP contribution in [0.1, 0.15) is 42.2 Å². The lowest BCUT2D eigenvalue weighted by atomic mass is 10.2. The SMILES string of the molecule is CCCC(C)N(C)Cc1csc(C(=O)O)n1. The first-order valence-electron chi connectivity index (χ1n) is 5.42. The van der Waals surface area contributed by atoms with Gasteiger partial charge >= 0.3 is 5.97 Å². The predicted molar refractivity (Wildman–Crippen MR) is 64.9 cm³/mol. The molecule has 5 heteroatoms. The van der Waals surface area contributed by atoms with E-state index in [1.165, 1.54) is 11.3 Å². The van der Waals surface area contributed by atoms with E-state index in [0.29, 0.717) is 12.6 Å². The zero-order valence-electron chi connectivity index (χ0n) is 9.93. The topological polar surface area (TPSA) is 53.4 Å². The van der Waals surface area contributed by atoms with E-state index in [1.807, 2.05) is 12.4 Å². The van der Waals surface area contributed by atoms with Crippen LogP contribution in [-0.4, -0.2) is 34.0 Å². The fourth-order valence-corrected chi connectivity index (χ4v) is 2.17. The van der Waals surface area contributed by atoms with Crippen LogP contribution in [0.25, 0.3) is 0 Å². The van der Waals surface area contributed by atoms with Crippen molar-refractivity contribution in [1.29, 1.82) is 0 Å². The van der Waals surface area contributed by atoms with Gasteiger partial charge in [0.25, 0.3) is 0 Å². The zero-order chi connectivity index (χ0) is 12.1. The van der Waals surface area contributed by atoms with E-state index in [-0.39, 0.29) is 5.01 Å². The molecule has 0 aromatic carbocycles. The van der Waals surface area contributed by atoms with Gasteiger partial charge in [0.2, 0.25) is 5.01 Å². The molecule has 0 bridgehead atoms. The largest absolute Gasteiger partial charge is 0.476 e. The van der Waals surface area contributed by atoms with Crippen molar-refractivity contribution < 1.29 is 9.90 Å². The van der Waals surface area contributed by atoms with Gasteiger partial charge in [0.1, 0.15) is 0 Å². The van der Waals surface area contributed by atoms with E-state index in [2.05, 4.69) is 23.7 Å². The molecule has 0 aliphatic heterocycles. The Morgan fingerprint density at radius 1 is 1.69 bits per heavy atom. The summed E-state index contributed by atoms with van der Waals surface area (Å²) in [4.78, 5) is 16.9. The smallest absolute Gasteiger partial charge is 0.365 e. The number of thiazole rings is 1. The summed E-state index contributed by atoms with van der Waals surface area (Å²) in [7, 11) is 2.04. The average Bonchev–Trinajstić information content (AvgIpc) is 2.66. The minimum absolute atomic E-state index is 0.173. The highest BCUT2D eigenvalue weighted by atomic mass is 32.1. The molecular weight excluding hydrogens is 224 g/mol. The van der Waals surface area contributed by atoms with Crippen LogP contribution in [0.2, 0.25) is 0 Å². The summed E-state index contributed by atoms with van der Waals surface area (Å²) < 4.78 is 0. The van der Waals surface area contributed by atoms with E-state index in [4.69, 9.17) is 5.11 Å². The van der Waals surface area contributed by atoms with E-state index in [9.17, 15) is 4.79 Å². The number of hydrogen-bond acceptors (Lipinski definition) is 4. The lowest BCUT2D eigenvalue weighted by Crippen LogP contribution is -2.28. The Balaban J connectivity index is 2.55. The van der Waals surface area contributed by atoms with Gasteiger partial charge < -0.3 is 5.11 Å². The Morgan fingerprint density at radius 3 is 2.88 bits per heavy atom. The number of nitrogens with zero attached hydrogens (tertiary/aromatic N) is 2. The van der Waals surface area contributed by atoms with Gasteiger partial charge in [-0.15, -0.1) is 11.3 Å². The normalized spacial score (nSPS) is 13.0. The fraction of sp³-hybridized carbons (Fsp3) is 0.636. The first-order chi connectivity index (χ1) is 7.54. The molecule has 1 atom stereocenters. The molecular formula is C11H18N2O2S. The van der Waals surface area contributed by atoms with Crippen molar-refractivity contribution in [2.75, 3.05) is 7.05 Å². The molecule has 1 aromatic rings. The van der Waals surface area contributed by atoms with Gasteiger partial charge in [-0.3, -0.25) is 4.90 Å². The first kappa shape index (κ1) is 13.1. The number of rotatable bonds is 6. The third-order valence-electron chi connectivity index (χ3n) is 2.60. The summed E-state index contributed by atoms with van der Waals surface area (Å²) in [5.74, 6) is -0.944. The Morgan fingerprint density at radius 2 is 2.38 bits per heavy atom. The molecule has 0 fully saturated rings. The van der Waals surface area contributed by atoms with Crippen molar-refractivity contribution in [3.05, 3.63) is 16.1 Å². The number of aromatic nitrogens is 1. The van der Waals surface area contributed by atoms with Crippen LogP contribution in [0, 0.1) is 0 Å². The summed E-state index contributed by atoms with van der Waals surface area (Å²) in [6, 6.07) is 0.500. The van der Waals surface area contributed by atoms with E-state index >= 15 is 0 Å². The second-order valence-electron chi connectivity index (χ2n) is 4.00. The van der Waals surface area contributed by atoms with Crippen molar-refractivity contribution in [2.24, 2.45) is 0 Å². The van der Waals surface area contributed by atoms with Crippen molar-refractivity contribution in [2.45, 2.75) is 39.3 Å². The highest BCUT2D eigenvalue weighted by Crippen LogP contribution is 2.13. The Bertz CT molecular complexity index is 352. The van der Waals surface area contributed by atoms with Gasteiger partial charge in [0, 0.05) is 18.0 Å². The maximum absolute atomic E-state index is 10.7. The average molecular weight is 242 g/mol. The first-order valence-corrected chi connectivity index (χ1v) is 6.30. The van der Waals surface area contributed by atoms with Crippen LogP contribution in [0.15, 0.2) is 5.38 Å². The van der Waals surface area contributed by atoms with Gasteiger partial charge in [0.15, 0.2) is 0 Å².